The molecule has 2 aliphatic rings. The Morgan fingerprint density at radius 3 is 2.69 bits per heavy atom. The number of fused-ring (bicyclic) bond motifs is 1. The van der Waals surface area contributed by atoms with E-state index in [1.54, 1.807) is 16.4 Å². The van der Waals surface area contributed by atoms with Gasteiger partial charge in [0.1, 0.15) is 5.75 Å². The van der Waals surface area contributed by atoms with Gasteiger partial charge in [-0.25, -0.2) is 8.42 Å². The van der Waals surface area contributed by atoms with Crippen LogP contribution in [0.15, 0.2) is 47.4 Å². The molecule has 5 nitrogen and oxygen atoms in total. The van der Waals surface area contributed by atoms with Crippen molar-refractivity contribution in [2.75, 3.05) is 33.3 Å². The first-order chi connectivity index (χ1) is 14.0. The molecule has 156 valence electrons. The number of rotatable bonds is 5. The fourth-order valence-corrected chi connectivity index (χ4v) is 6.33. The molecule has 1 saturated heterocycles. The fourth-order valence-electron chi connectivity index (χ4n) is 4.43. The molecular weight excluding hydrogens is 408 g/mol. The second kappa shape index (κ2) is 8.64. The first kappa shape index (κ1) is 20.7. The third kappa shape index (κ3) is 4.45. The molecule has 2 aliphatic heterocycles. The molecule has 1 atom stereocenters. The molecule has 2 aromatic carbocycles. The van der Waals surface area contributed by atoms with Gasteiger partial charge in [0, 0.05) is 32.7 Å². The van der Waals surface area contributed by atoms with Crippen LogP contribution in [-0.4, -0.2) is 50.9 Å². The van der Waals surface area contributed by atoms with Crippen molar-refractivity contribution in [2.24, 2.45) is 5.92 Å². The van der Waals surface area contributed by atoms with Crippen molar-refractivity contribution < 1.29 is 13.2 Å². The van der Waals surface area contributed by atoms with Crippen LogP contribution in [0.1, 0.15) is 24.0 Å². The molecule has 0 aromatic heterocycles. The summed E-state index contributed by atoms with van der Waals surface area (Å²) in [5.41, 5.74) is 2.83. The highest BCUT2D eigenvalue weighted by Gasteiger charge is 2.32. The quantitative estimate of drug-likeness (QED) is 0.718. The van der Waals surface area contributed by atoms with Crippen LogP contribution in [-0.2, 0) is 23.0 Å². The lowest BCUT2D eigenvalue weighted by Crippen LogP contribution is -2.44. The van der Waals surface area contributed by atoms with E-state index in [1.807, 2.05) is 0 Å². The lowest BCUT2D eigenvalue weighted by Gasteiger charge is -2.36. The number of hydrogen-bond donors (Lipinski definition) is 0. The third-order valence-corrected chi connectivity index (χ3v) is 8.13. The normalized spacial score (nSPS) is 21.0. The van der Waals surface area contributed by atoms with Gasteiger partial charge in [-0.05, 0) is 54.5 Å². The second-order valence-corrected chi connectivity index (χ2v) is 10.3. The summed E-state index contributed by atoms with van der Waals surface area (Å²) in [7, 11) is -2.04. The van der Waals surface area contributed by atoms with Gasteiger partial charge in [-0.3, -0.25) is 4.90 Å². The van der Waals surface area contributed by atoms with E-state index in [0.29, 0.717) is 29.8 Å². The van der Waals surface area contributed by atoms with Crippen molar-refractivity contribution in [3.8, 4) is 5.75 Å². The van der Waals surface area contributed by atoms with E-state index >= 15 is 0 Å². The number of piperidine rings is 1. The minimum Gasteiger partial charge on any atom is -0.495 e. The van der Waals surface area contributed by atoms with Gasteiger partial charge in [-0.2, -0.15) is 4.31 Å². The fraction of sp³-hybridized carbons (Fsp3) is 0.455. The van der Waals surface area contributed by atoms with Gasteiger partial charge in [0.25, 0.3) is 0 Å². The van der Waals surface area contributed by atoms with E-state index in [4.69, 9.17) is 16.3 Å². The van der Waals surface area contributed by atoms with Crippen molar-refractivity contribution in [3.05, 3.63) is 58.6 Å². The topological polar surface area (TPSA) is 49.9 Å². The number of methoxy groups -OCH3 is 1. The van der Waals surface area contributed by atoms with Gasteiger partial charge < -0.3 is 4.74 Å². The highest BCUT2D eigenvalue weighted by atomic mass is 35.5. The molecule has 0 bridgehead atoms. The Morgan fingerprint density at radius 1 is 1.14 bits per heavy atom. The number of halogens is 1. The summed E-state index contributed by atoms with van der Waals surface area (Å²) in [6.07, 6.45) is 3.01. The second-order valence-electron chi connectivity index (χ2n) is 7.92. The molecule has 2 aromatic rings. The maximum atomic E-state index is 13.2. The largest absolute Gasteiger partial charge is 0.495 e. The van der Waals surface area contributed by atoms with Crippen LogP contribution in [0.2, 0.25) is 5.02 Å². The van der Waals surface area contributed by atoms with Gasteiger partial charge in [0.15, 0.2) is 0 Å². The van der Waals surface area contributed by atoms with Crippen molar-refractivity contribution in [1.82, 2.24) is 9.21 Å². The van der Waals surface area contributed by atoms with Crippen molar-refractivity contribution in [3.63, 3.8) is 0 Å². The van der Waals surface area contributed by atoms with Crippen molar-refractivity contribution in [1.29, 1.82) is 0 Å². The first-order valence-corrected chi connectivity index (χ1v) is 11.9. The van der Waals surface area contributed by atoms with Crippen LogP contribution < -0.4 is 4.74 Å². The summed E-state index contributed by atoms with van der Waals surface area (Å²) >= 11 is 6.16. The Labute approximate surface area is 178 Å². The van der Waals surface area contributed by atoms with Crippen LogP contribution in [0.5, 0.6) is 5.75 Å². The average molecular weight is 435 g/mol. The number of ether oxygens (including phenoxy) is 1. The predicted molar refractivity (Wildman–Crippen MR) is 115 cm³/mol. The van der Waals surface area contributed by atoms with Gasteiger partial charge in [-0.1, -0.05) is 35.9 Å². The minimum absolute atomic E-state index is 0.232. The number of nitrogens with zero attached hydrogens (tertiary/aromatic N) is 2. The Balaban J connectivity index is 1.43. The Bertz CT molecular complexity index is 980. The van der Waals surface area contributed by atoms with Crippen LogP contribution in [0, 0.1) is 5.92 Å². The number of hydrogen-bond acceptors (Lipinski definition) is 4. The van der Waals surface area contributed by atoms with Gasteiger partial charge >= 0.3 is 0 Å². The molecule has 0 N–H and O–H groups in total. The Kier molecular flexibility index (Phi) is 6.16. The summed E-state index contributed by atoms with van der Waals surface area (Å²) in [6.45, 7) is 4.04. The van der Waals surface area contributed by atoms with E-state index in [2.05, 4.69) is 29.2 Å². The van der Waals surface area contributed by atoms with E-state index in [9.17, 15) is 8.42 Å². The molecule has 1 unspecified atom stereocenters. The lowest BCUT2D eigenvalue weighted by molar-refractivity contribution is 0.167. The van der Waals surface area contributed by atoms with Gasteiger partial charge in [0.05, 0.1) is 17.0 Å². The predicted octanol–water partition coefficient (Wildman–Crippen LogP) is 3.81. The SMILES string of the molecule is COc1ccc(S(=O)(=O)N2CCCC(CN3CCc4ccccc4C3)C2)cc1Cl. The molecule has 0 saturated carbocycles. The summed E-state index contributed by atoms with van der Waals surface area (Å²) in [5, 5.41) is 0.314. The number of benzene rings is 2. The van der Waals surface area contributed by atoms with Crippen molar-refractivity contribution in [2.45, 2.75) is 30.7 Å². The van der Waals surface area contributed by atoms with E-state index in [1.165, 1.54) is 24.3 Å². The van der Waals surface area contributed by atoms with Crippen LogP contribution >= 0.6 is 11.6 Å². The van der Waals surface area contributed by atoms with E-state index in [0.717, 1.165) is 38.9 Å². The smallest absolute Gasteiger partial charge is 0.243 e. The lowest BCUT2D eigenvalue weighted by atomic mass is 9.95. The summed E-state index contributed by atoms with van der Waals surface area (Å²) in [6, 6.07) is 13.3. The molecule has 1 fully saturated rings. The third-order valence-electron chi connectivity index (χ3n) is 5.97. The Hall–Kier alpha value is -1.60. The van der Waals surface area contributed by atoms with Gasteiger partial charge in [0.2, 0.25) is 10.0 Å². The minimum atomic E-state index is -3.56. The summed E-state index contributed by atoms with van der Waals surface area (Å²) in [5.74, 6) is 0.824. The molecule has 0 aliphatic carbocycles. The molecule has 2 heterocycles. The zero-order valence-corrected chi connectivity index (χ0v) is 18.3. The van der Waals surface area contributed by atoms with Crippen LogP contribution in [0.4, 0.5) is 0 Å². The summed E-state index contributed by atoms with van der Waals surface area (Å²) in [4.78, 5) is 2.70. The zero-order chi connectivity index (χ0) is 20.4. The molecule has 0 radical (unpaired) electrons. The first-order valence-electron chi connectivity index (χ1n) is 10.1. The van der Waals surface area contributed by atoms with E-state index in [-0.39, 0.29) is 4.90 Å². The standard InChI is InChI=1S/C22H27ClN2O3S/c1-28-22-9-8-20(13-21(22)23)29(26,27)25-11-4-5-17(15-25)14-24-12-10-18-6-2-3-7-19(18)16-24/h2-3,6-9,13,17H,4-5,10-12,14-16H2,1H3. The highest BCUT2D eigenvalue weighted by Crippen LogP contribution is 2.31. The molecule has 4 rings (SSSR count). The molecule has 0 spiro atoms. The molecule has 0 amide bonds. The summed E-state index contributed by atoms with van der Waals surface area (Å²) < 4.78 is 33.1. The molecule has 7 heteroatoms. The van der Waals surface area contributed by atoms with Crippen LogP contribution in [0.25, 0.3) is 0 Å². The monoisotopic (exact) mass is 434 g/mol. The number of sulfonamides is 1. The molecule has 29 heavy (non-hydrogen) atoms. The maximum absolute atomic E-state index is 13.2. The average Bonchev–Trinajstić information content (AvgIpc) is 2.74. The van der Waals surface area contributed by atoms with Crippen LogP contribution in [0.3, 0.4) is 0 Å². The molecular formula is C22H27ClN2O3S. The maximum Gasteiger partial charge on any atom is 0.243 e. The van der Waals surface area contributed by atoms with Crippen molar-refractivity contribution >= 4 is 21.6 Å². The Morgan fingerprint density at radius 2 is 1.93 bits per heavy atom. The highest BCUT2D eigenvalue weighted by molar-refractivity contribution is 7.89. The van der Waals surface area contributed by atoms with Gasteiger partial charge in [-0.15, -0.1) is 0 Å². The zero-order valence-electron chi connectivity index (χ0n) is 16.7. The van der Waals surface area contributed by atoms with E-state index < -0.39 is 10.0 Å².